The molecule has 1 saturated heterocycles. The minimum Gasteiger partial charge on any atom is -0.454 e. The highest BCUT2D eigenvalue weighted by molar-refractivity contribution is 7.14. The van der Waals surface area contributed by atoms with Crippen molar-refractivity contribution in [1.29, 1.82) is 0 Å². The van der Waals surface area contributed by atoms with Crippen LogP contribution >= 0.6 is 11.3 Å². The van der Waals surface area contributed by atoms with Crippen molar-refractivity contribution in [2.45, 2.75) is 25.4 Å². The first-order chi connectivity index (χ1) is 12.2. The molecule has 0 radical (unpaired) electrons. The topological polar surface area (TPSA) is 95.9 Å². The van der Waals surface area contributed by atoms with E-state index in [4.69, 9.17) is 10.2 Å². The molecule has 2 aromatic heterocycles. The highest BCUT2D eigenvalue weighted by Gasteiger charge is 2.20. The Hall–Kier alpha value is -2.48. The van der Waals surface area contributed by atoms with Crippen LogP contribution in [-0.2, 0) is 6.54 Å². The van der Waals surface area contributed by atoms with Crippen molar-refractivity contribution in [3.8, 4) is 0 Å². The molecule has 3 rings (SSSR count). The van der Waals surface area contributed by atoms with Crippen LogP contribution in [0, 0.1) is 0 Å². The Balaban J connectivity index is 1.45. The summed E-state index contributed by atoms with van der Waals surface area (Å²) in [5, 5.41) is 10.1. The van der Waals surface area contributed by atoms with Gasteiger partial charge < -0.3 is 25.7 Å². The number of nitrogens with two attached hydrogens (primary N) is 1. The van der Waals surface area contributed by atoms with Crippen LogP contribution in [0.1, 0.15) is 29.2 Å². The highest BCUT2D eigenvalue weighted by Crippen LogP contribution is 2.24. The molecule has 0 aromatic carbocycles. The third-order valence-corrected chi connectivity index (χ3v) is 5.14. The average molecular weight is 361 g/mol. The second-order valence-corrected chi connectivity index (χ2v) is 6.84. The van der Waals surface area contributed by atoms with Gasteiger partial charge in [0.2, 0.25) is 0 Å². The van der Waals surface area contributed by atoms with Gasteiger partial charge in [-0.25, -0.2) is 0 Å². The number of rotatable bonds is 5. The number of guanidine groups is 1. The number of amides is 1. The molecule has 0 atom stereocenters. The zero-order chi connectivity index (χ0) is 17.6. The van der Waals surface area contributed by atoms with Crippen LogP contribution in [0.3, 0.4) is 0 Å². The zero-order valence-corrected chi connectivity index (χ0v) is 15.0. The van der Waals surface area contributed by atoms with Gasteiger partial charge in [0.1, 0.15) is 5.76 Å². The molecule has 0 aliphatic carbocycles. The normalized spacial score (nSPS) is 16.0. The van der Waals surface area contributed by atoms with Crippen LogP contribution in [0.15, 0.2) is 39.1 Å². The van der Waals surface area contributed by atoms with E-state index in [-0.39, 0.29) is 5.76 Å². The SMILES string of the molecule is CN=C(NCc1ccc(C(N)=O)o1)NC1CCN(c2cccs2)CC1. The Morgan fingerprint density at radius 1 is 1.40 bits per heavy atom. The maximum absolute atomic E-state index is 11.1. The summed E-state index contributed by atoms with van der Waals surface area (Å²) in [7, 11) is 1.74. The molecule has 1 amide bonds. The van der Waals surface area contributed by atoms with E-state index in [9.17, 15) is 4.79 Å². The van der Waals surface area contributed by atoms with E-state index in [0.717, 1.165) is 31.9 Å². The first-order valence-corrected chi connectivity index (χ1v) is 9.18. The van der Waals surface area contributed by atoms with Crippen molar-refractivity contribution < 1.29 is 9.21 Å². The Bertz CT molecular complexity index is 717. The van der Waals surface area contributed by atoms with E-state index in [1.165, 1.54) is 5.00 Å². The molecule has 2 aromatic rings. The lowest BCUT2D eigenvalue weighted by Gasteiger charge is -2.33. The lowest BCUT2D eigenvalue weighted by atomic mass is 10.1. The largest absolute Gasteiger partial charge is 0.454 e. The van der Waals surface area contributed by atoms with Crippen molar-refractivity contribution >= 4 is 28.2 Å². The second kappa shape index (κ2) is 8.06. The summed E-state index contributed by atoms with van der Waals surface area (Å²) in [5.74, 6) is 0.975. The lowest BCUT2D eigenvalue weighted by molar-refractivity contribution is 0.0972. The molecular formula is C17H23N5O2S. The fraction of sp³-hybridized carbons (Fsp3) is 0.412. The van der Waals surface area contributed by atoms with Gasteiger partial charge in [-0.2, -0.15) is 0 Å². The van der Waals surface area contributed by atoms with Gasteiger partial charge in [0.25, 0.3) is 5.91 Å². The molecule has 0 spiro atoms. The minimum atomic E-state index is -0.564. The van der Waals surface area contributed by atoms with Crippen LogP contribution in [0.4, 0.5) is 5.00 Å². The van der Waals surface area contributed by atoms with Crippen LogP contribution < -0.4 is 21.3 Å². The maximum Gasteiger partial charge on any atom is 0.284 e. The van der Waals surface area contributed by atoms with E-state index in [1.807, 2.05) is 0 Å². The smallest absolute Gasteiger partial charge is 0.284 e. The van der Waals surface area contributed by atoms with E-state index in [2.05, 4.69) is 38.0 Å². The summed E-state index contributed by atoms with van der Waals surface area (Å²) < 4.78 is 5.36. The van der Waals surface area contributed by atoms with Crippen molar-refractivity contribution in [3.05, 3.63) is 41.2 Å². The highest BCUT2D eigenvalue weighted by atomic mass is 32.1. The van der Waals surface area contributed by atoms with E-state index < -0.39 is 5.91 Å². The van der Waals surface area contributed by atoms with Gasteiger partial charge in [-0.3, -0.25) is 9.79 Å². The summed E-state index contributed by atoms with van der Waals surface area (Å²) in [6.07, 6.45) is 2.12. The van der Waals surface area contributed by atoms with Crippen molar-refractivity contribution in [3.63, 3.8) is 0 Å². The molecular weight excluding hydrogens is 338 g/mol. The van der Waals surface area contributed by atoms with Gasteiger partial charge in [0.15, 0.2) is 11.7 Å². The van der Waals surface area contributed by atoms with Crippen LogP contribution in [0.25, 0.3) is 0 Å². The number of hydrogen-bond donors (Lipinski definition) is 3. The number of carbonyl (C=O) groups is 1. The van der Waals surface area contributed by atoms with Crippen LogP contribution in [0.5, 0.6) is 0 Å². The molecule has 0 unspecified atom stereocenters. The molecule has 1 fully saturated rings. The fourth-order valence-corrected chi connectivity index (χ4v) is 3.64. The number of hydrogen-bond acceptors (Lipinski definition) is 5. The molecule has 25 heavy (non-hydrogen) atoms. The van der Waals surface area contributed by atoms with Crippen molar-refractivity contribution in [2.75, 3.05) is 25.0 Å². The standard InChI is InChI=1S/C17H23N5O2S/c1-19-17(20-11-13-4-5-14(24-13)16(18)23)21-12-6-8-22(9-7-12)15-3-2-10-25-15/h2-5,10,12H,6-9,11H2,1H3,(H2,18,23)(H2,19,20,21). The molecule has 0 bridgehead atoms. The lowest BCUT2D eigenvalue weighted by Crippen LogP contribution is -2.48. The number of carbonyl (C=O) groups excluding carboxylic acids is 1. The Morgan fingerprint density at radius 3 is 2.80 bits per heavy atom. The predicted octanol–water partition coefficient (Wildman–Crippen LogP) is 1.77. The number of thiophene rings is 1. The van der Waals surface area contributed by atoms with Gasteiger partial charge in [-0.05, 0) is 42.5 Å². The zero-order valence-electron chi connectivity index (χ0n) is 14.2. The summed E-state index contributed by atoms with van der Waals surface area (Å²) in [5.41, 5.74) is 5.19. The molecule has 1 aliphatic heterocycles. The first-order valence-electron chi connectivity index (χ1n) is 8.30. The number of nitrogens with zero attached hydrogens (tertiary/aromatic N) is 2. The quantitative estimate of drug-likeness (QED) is 0.557. The molecule has 7 nitrogen and oxygen atoms in total. The van der Waals surface area contributed by atoms with Crippen molar-refractivity contribution in [1.82, 2.24) is 10.6 Å². The Morgan fingerprint density at radius 2 is 2.20 bits per heavy atom. The third-order valence-electron chi connectivity index (χ3n) is 4.21. The fourth-order valence-electron chi connectivity index (χ4n) is 2.86. The second-order valence-electron chi connectivity index (χ2n) is 5.91. The van der Waals surface area contributed by atoms with Gasteiger partial charge in [0.05, 0.1) is 11.5 Å². The third kappa shape index (κ3) is 4.54. The minimum absolute atomic E-state index is 0.167. The molecule has 3 heterocycles. The summed E-state index contributed by atoms with van der Waals surface area (Å²) in [6, 6.07) is 7.97. The molecule has 0 saturated carbocycles. The first kappa shape index (κ1) is 17.3. The van der Waals surface area contributed by atoms with E-state index >= 15 is 0 Å². The number of piperidine rings is 1. The van der Waals surface area contributed by atoms with Gasteiger partial charge in [-0.1, -0.05) is 0 Å². The van der Waals surface area contributed by atoms with Gasteiger partial charge in [-0.15, -0.1) is 11.3 Å². The van der Waals surface area contributed by atoms with E-state index in [0.29, 0.717) is 18.3 Å². The van der Waals surface area contributed by atoms with Crippen molar-refractivity contribution in [2.24, 2.45) is 10.7 Å². The molecule has 1 aliphatic rings. The van der Waals surface area contributed by atoms with Crippen LogP contribution in [0.2, 0.25) is 0 Å². The number of primary amides is 1. The number of anilines is 1. The number of nitrogens with one attached hydrogen (secondary N) is 2. The number of aliphatic imine (C=N–C) groups is 1. The Labute approximate surface area is 150 Å². The van der Waals surface area contributed by atoms with Gasteiger partial charge >= 0.3 is 0 Å². The molecule has 134 valence electrons. The Kier molecular flexibility index (Phi) is 5.60. The maximum atomic E-state index is 11.1. The summed E-state index contributed by atoms with van der Waals surface area (Å²) in [6.45, 7) is 2.52. The molecule has 4 N–H and O–H groups in total. The predicted molar refractivity (Wildman–Crippen MR) is 100 cm³/mol. The monoisotopic (exact) mass is 361 g/mol. The van der Waals surface area contributed by atoms with E-state index in [1.54, 1.807) is 30.5 Å². The number of furan rings is 1. The molecule has 8 heteroatoms. The summed E-state index contributed by atoms with van der Waals surface area (Å²) >= 11 is 1.78. The average Bonchev–Trinajstić information content (AvgIpc) is 3.31. The van der Waals surface area contributed by atoms with Crippen LogP contribution in [-0.4, -0.2) is 38.0 Å². The summed E-state index contributed by atoms with van der Waals surface area (Å²) in [4.78, 5) is 17.7. The van der Waals surface area contributed by atoms with Gasteiger partial charge in [0, 0.05) is 26.2 Å².